The predicted octanol–water partition coefficient (Wildman–Crippen LogP) is 12.5. The zero-order valence-electron chi connectivity index (χ0n) is 37.8. The third-order valence-corrected chi connectivity index (χ3v) is 13.5. The summed E-state index contributed by atoms with van der Waals surface area (Å²) in [6.45, 7) is 26.2. The minimum Gasteiger partial charge on any atom is -0.300 e. The Hall–Kier alpha value is -1.98. The second-order valence-electron chi connectivity index (χ2n) is 19.9. The van der Waals surface area contributed by atoms with Crippen LogP contribution in [0.5, 0.6) is 0 Å². The number of carbonyl (C=O) groups is 6. The molecule has 0 bridgehead atoms. The number of hydrogen-bond donors (Lipinski definition) is 0. The van der Waals surface area contributed by atoms with Crippen molar-refractivity contribution in [1.29, 1.82) is 0 Å². The number of carbonyl (C=O) groups excluding carboxylic acids is 6. The van der Waals surface area contributed by atoms with Gasteiger partial charge in [-0.25, -0.2) is 0 Å². The van der Waals surface area contributed by atoms with Crippen molar-refractivity contribution in [1.82, 2.24) is 0 Å². The van der Waals surface area contributed by atoms with Gasteiger partial charge in [-0.3, -0.25) is 28.8 Å². The number of hydrogen-bond acceptors (Lipinski definition) is 6. The molecule has 0 heterocycles. The zero-order valence-corrected chi connectivity index (χ0v) is 37.8. The SMILES string of the molecule is CC(C)C1CC(=O)C1.CC(C)C1CCC(=O)C1.CC(C)C1CCC(=O)CC1.CC(C)C1CCC1=O.CC(C)C1CCCC(=O)C1.CC(C)C1CCCCC1=O. The number of rotatable bonds is 6. The summed E-state index contributed by atoms with van der Waals surface area (Å²) in [5, 5.41) is 0. The highest BCUT2D eigenvalue weighted by molar-refractivity contribution is 5.86. The Kier molecular flexibility index (Phi) is 24.9. The van der Waals surface area contributed by atoms with Crippen LogP contribution in [0.2, 0.25) is 0 Å². The Morgan fingerprint density at radius 1 is 0.309 bits per heavy atom. The first-order valence-corrected chi connectivity index (χ1v) is 22.8. The van der Waals surface area contributed by atoms with Crippen LogP contribution in [0.1, 0.15) is 205 Å². The zero-order chi connectivity index (χ0) is 41.8. The lowest BCUT2D eigenvalue weighted by atomic mass is 9.76. The summed E-state index contributed by atoms with van der Waals surface area (Å²) in [6, 6.07) is 0. The fraction of sp³-hybridized carbons (Fsp3) is 0.878. The van der Waals surface area contributed by atoms with Crippen LogP contribution in [0.3, 0.4) is 0 Å². The first kappa shape index (κ1) is 51.0. The average molecular weight is 771 g/mol. The lowest BCUT2D eigenvalue weighted by Gasteiger charge is -2.27. The lowest BCUT2D eigenvalue weighted by Crippen LogP contribution is -2.29. The first-order valence-electron chi connectivity index (χ1n) is 22.8. The molecule has 6 aliphatic carbocycles. The van der Waals surface area contributed by atoms with Crippen molar-refractivity contribution in [3.63, 3.8) is 0 Å². The maximum atomic E-state index is 11.2. The molecule has 6 aliphatic rings. The van der Waals surface area contributed by atoms with Crippen molar-refractivity contribution in [2.45, 2.75) is 205 Å². The summed E-state index contributed by atoms with van der Waals surface area (Å²) in [5.41, 5.74) is 0. The molecule has 6 fully saturated rings. The summed E-state index contributed by atoms with van der Waals surface area (Å²) < 4.78 is 0. The average Bonchev–Trinajstić information content (AvgIpc) is 3.54. The molecule has 4 atom stereocenters. The highest BCUT2D eigenvalue weighted by Gasteiger charge is 2.30. The van der Waals surface area contributed by atoms with Crippen LogP contribution in [-0.4, -0.2) is 34.7 Å². The van der Waals surface area contributed by atoms with Crippen LogP contribution in [-0.2, 0) is 28.8 Å². The molecular formula is C49H86O6. The molecule has 318 valence electrons. The number of ketones is 6. The van der Waals surface area contributed by atoms with E-state index in [0.29, 0.717) is 93.9 Å². The summed E-state index contributed by atoms with van der Waals surface area (Å²) in [7, 11) is 0. The Labute approximate surface area is 338 Å². The van der Waals surface area contributed by atoms with E-state index >= 15 is 0 Å². The second kappa shape index (κ2) is 26.8. The van der Waals surface area contributed by atoms with Gasteiger partial charge >= 0.3 is 0 Å². The summed E-state index contributed by atoms with van der Waals surface area (Å²) in [4.78, 5) is 64.9. The van der Waals surface area contributed by atoms with E-state index in [1.54, 1.807) is 0 Å². The van der Waals surface area contributed by atoms with E-state index in [4.69, 9.17) is 0 Å². The maximum Gasteiger partial charge on any atom is 0.136 e. The van der Waals surface area contributed by atoms with Gasteiger partial charge in [0.1, 0.15) is 34.7 Å². The summed E-state index contributed by atoms with van der Waals surface area (Å²) in [5.74, 6) is 10.6. The van der Waals surface area contributed by atoms with Gasteiger partial charge in [0.15, 0.2) is 0 Å². The van der Waals surface area contributed by atoms with Gasteiger partial charge in [0.05, 0.1) is 0 Å². The van der Waals surface area contributed by atoms with Gasteiger partial charge in [0.2, 0.25) is 0 Å². The molecule has 0 amide bonds. The molecule has 0 saturated heterocycles. The molecule has 0 N–H and O–H groups in total. The molecular weight excluding hydrogens is 685 g/mol. The highest BCUT2D eigenvalue weighted by atomic mass is 16.1. The van der Waals surface area contributed by atoms with Crippen molar-refractivity contribution >= 4 is 34.7 Å². The van der Waals surface area contributed by atoms with Gasteiger partial charge in [0, 0.05) is 76.0 Å². The number of Topliss-reactive ketones (excluding diaryl/α,β-unsaturated/α-hetero) is 6. The van der Waals surface area contributed by atoms with Crippen LogP contribution in [0.4, 0.5) is 0 Å². The molecule has 6 nitrogen and oxygen atoms in total. The molecule has 55 heavy (non-hydrogen) atoms. The van der Waals surface area contributed by atoms with E-state index in [9.17, 15) is 28.8 Å². The first-order chi connectivity index (χ1) is 25.7. The fourth-order valence-corrected chi connectivity index (χ4v) is 8.51. The molecule has 4 unspecified atom stereocenters. The van der Waals surface area contributed by atoms with Gasteiger partial charge < -0.3 is 0 Å². The molecule has 0 radical (unpaired) electrons. The molecule has 6 saturated carbocycles. The van der Waals surface area contributed by atoms with Crippen molar-refractivity contribution in [3.8, 4) is 0 Å². The molecule has 0 aromatic heterocycles. The van der Waals surface area contributed by atoms with Gasteiger partial charge in [-0.1, -0.05) is 89.5 Å². The topological polar surface area (TPSA) is 102 Å². The quantitative estimate of drug-likeness (QED) is 0.266. The van der Waals surface area contributed by atoms with E-state index in [1.165, 1.54) is 12.8 Å². The van der Waals surface area contributed by atoms with Crippen molar-refractivity contribution < 1.29 is 28.8 Å². The Morgan fingerprint density at radius 3 is 0.982 bits per heavy atom. The molecule has 6 rings (SSSR count). The predicted molar refractivity (Wildman–Crippen MR) is 228 cm³/mol. The Balaban J connectivity index is 0.000000331. The van der Waals surface area contributed by atoms with Gasteiger partial charge in [-0.2, -0.15) is 0 Å². The van der Waals surface area contributed by atoms with Crippen molar-refractivity contribution in [2.24, 2.45) is 71.0 Å². The summed E-state index contributed by atoms with van der Waals surface area (Å²) >= 11 is 0. The highest BCUT2D eigenvalue weighted by Crippen LogP contribution is 2.31. The summed E-state index contributed by atoms with van der Waals surface area (Å²) in [6.07, 6.45) is 18.9. The van der Waals surface area contributed by atoms with Crippen molar-refractivity contribution in [2.75, 3.05) is 0 Å². The van der Waals surface area contributed by atoms with E-state index < -0.39 is 0 Å². The third-order valence-electron chi connectivity index (χ3n) is 13.5. The van der Waals surface area contributed by atoms with Crippen LogP contribution >= 0.6 is 0 Å². The molecule has 0 aromatic carbocycles. The fourth-order valence-electron chi connectivity index (χ4n) is 8.51. The molecule has 0 aromatic rings. The van der Waals surface area contributed by atoms with Crippen molar-refractivity contribution in [3.05, 3.63) is 0 Å². The van der Waals surface area contributed by atoms with E-state index in [1.807, 2.05) is 0 Å². The van der Waals surface area contributed by atoms with Gasteiger partial charge in [-0.05, 0) is 111 Å². The monoisotopic (exact) mass is 771 g/mol. The minimum absolute atomic E-state index is 0.383. The van der Waals surface area contributed by atoms with Crippen LogP contribution < -0.4 is 0 Å². The van der Waals surface area contributed by atoms with Crippen LogP contribution in [0.15, 0.2) is 0 Å². The smallest absolute Gasteiger partial charge is 0.136 e. The van der Waals surface area contributed by atoms with Crippen LogP contribution in [0, 0.1) is 71.0 Å². The third kappa shape index (κ3) is 20.8. The van der Waals surface area contributed by atoms with E-state index in [-0.39, 0.29) is 0 Å². The lowest BCUT2D eigenvalue weighted by molar-refractivity contribution is -0.131. The van der Waals surface area contributed by atoms with E-state index in [0.717, 1.165) is 121 Å². The normalized spacial score (nSPS) is 25.9. The molecule has 6 heteroatoms. The van der Waals surface area contributed by atoms with Gasteiger partial charge in [-0.15, -0.1) is 0 Å². The standard InChI is InChI=1S/3C9H16O.C8H14O.2C7H12O/c1-7(2)8-3-5-9(10)6-4-8;1-7(2)8-4-3-5-9(10)6-8;1-7(2)8-5-3-4-6-9(8)10;1-6(2)7-3-4-8(9)5-7;1-5(2)6-3-7(8)4-6;1-5(2)6-3-4-7(6)8/h3*7-8H,3-6H2,1-2H3;6-7H,3-5H2,1-2H3;2*5-6H,3-4H2,1-2H3. The maximum absolute atomic E-state index is 11.2. The minimum atomic E-state index is 0.383. The van der Waals surface area contributed by atoms with Gasteiger partial charge in [0.25, 0.3) is 0 Å². The van der Waals surface area contributed by atoms with Crippen LogP contribution in [0.25, 0.3) is 0 Å². The molecule has 0 aliphatic heterocycles. The molecule has 0 spiro atoms. The Bertz CT molecular complexity index is 1160. The largest absolute Gasteiger partial charge is 0.300 e. The Morgan fingerprint density at radius 2 is 0.709 bits per heavy atom. The van der Waals surface area contributed by atoms with E-state index in [2.05, 4.69) is 83.1 Å². The second-order valence-corrected chi connectivity index (χ2v) is 19.9.